The van der Waals surface area contributed by atoms with Crippen LogP contribution in [0.15, 0.2) is 16.6 Å². The van der Waals surface area contributed by atoms with Gasteiger partial charge in [0.1, 0.15) is 0 Å². The molecule has 4 heteroatoms. The molecule has 0 unspecified atom stereocenters. The summed E-state index contributed by atoms with van der Waals surface area (Å²) in [5.41, 5.74) is 0.793. The number of carbonyl (C=O) groups excluding carboxylic acids is 2. The molecule has 0 N–H and O–H groups in total. The summed E-state index contributed by atoms with van der Waals surface area (Å²) >= 11 is 8.92. The lowest BCUT2D eigenvalue weighted by atomic mass is 10.1. The molecule has 68 valence electrons. The topological polar surface area (TPSA) is 34.1 Å². The number of rotatable bonds is 2. The number of hydrogen-bond acceptors (Lipinski definition) is 2. The maximum atomic E-state index is 11.1. The predicted octanol–water partition coefficient (Wildman–Crippen LogP) is 3.12. The van der Waals surface area contributed by atoms with Gasteiger partial charge in [0.2, 0.25) is 0 Å². The number of carbonyl (C=O) groups is 2. The van der Waals surface area contributed by atoms with Crippen molar-refractivity contribution in [3.8, 4) is 0 Å². The first-order chi connectivity index (χ1) is 6.06. The van der Waals surface area contributed by atoms with Crippen LogP contribution in [0.5, 0.6) is 0 Å². The first-order valence-electron chi connectivity index (χ1n) is 3.51. The van der Waals surface area contributed by atoms with Crippen molar-refractivity contribution in [3.63, 3.8) is 0 Å². The molecule has 0 spiro atoms. The first kappa shape index (κ1) is 10.4. The van der Waals surface area contributed by atoms with Gasteiger partial charge in [0.05, 0.1) is 5.02 Å². The second-order valence-corrected chi connectivity index (χ2v) is 3.79. The molecular formula is C9H6BrClO2. The normalized spacial score (nSPS) is 9.77. The maximum absolute atomic E-state index is 11.1. The molecule has 0 aliphatic heterocycles. The monoisotopic (exact) mass is 260 g/mol. The second-order valence-electron chi connectivity index (χ2n) is 2.53. The van der Waals surface area contributed by atoms with Crippen LogP contribution in [0.25, 0.3) is 0 Å². The summed E-state index contributed by atoms with van der Waals surface area (Å²) in [6.07, 6.45) is 0.626. The van der Waals surface area contributed by atoms with E-state index in [9.17, 15) is 9.59 Å². The fourth-order valence-corrected chi connectivity index (χ4v) is 1.89. The molecule has 0 saturated heterocycles. The lowest BCUT2D eigenvalue weighted by molar-refractivity contribution is 0.101. The molecule has 2 nitrogen and oxygen atoms in total. The summed E-state index contributed by atoms with van der Waals surface area (Å²) in [6, 6.07) is 3.02. The lowest BCUT2D eigenvalue weighted by Gasteiger charge is -2.02. The molecule has 0 aromatic heterocycles. The minimum Gasteiger partial charge on any atom is -0.298 e. The zero-order valence-electron chi connectivity index (χ0n) is 6.80. The SMILES string of the molecule is CC(=O)c1cc(C=O)c(Cl)cc1Br. The maximum Gasteiger partial charge on any atom is 0.160 e. The first-order valence-corrected chi connectivity index (χ1v) is 4.68. The Morgan fingerprint density at radius 2 is 2.15 bits per heavy atom. The van der Waals surface area contributed by atoms with Crippen LogP contribution < -0.4 is 0 Å². The van der Waals surface area contributed by atoms with Gasteiger partial charge in [-0.1, -0.05) is 11.6 Å². The fourth-order valence-electron chi connectivity index (χ4n) is 0.926. The van der Waals surface area contributed by atoms with Gasteiger partial charge < -0.3 is 0 Å². The molecule has 1 rings (SSSR count). The lowest BCUT2D eigenvalue weighted by Crippen LogP contribution is -1.96. The molecule has 0 atom stereocenters. The third kappa shape index (κ3) is 2.17. The van der Waals surface area contributed by atoms with E-state index in [1.807, 2.05) is 0 Å². The predicted molar refractivity (Wildman–Crippen MR) is 54.5 cm³/mol. The Morgan fingerprint density at radius 3 is 2.62 bits per heavy atom. The van der Waals surface area contributed by atoms with Gasteiger partial charge in [-0.2, -0.15) is 0 Å². The Morgan fingerprint density at radius 1 is 1.54 bits per heavy atom. The quantitative estimate of drug-likeness (QED) is 0.605. The van der Waals surface area contributed by atoms with Crippen LogP contribution in [-0.2, 0) is 0 Å². The fraction of sp³-hybridized carbons (Fsp3) is 0.111. The number of Topliss-reactive ketones (excluding diaryl/α,β-unsaturated/α-hetero) is 1. The molecule has 0 fully saturated rings. The number of halogens is 2. The highest BCUT2D eigenvalue weighted by Crippen LogP contribution is 2.25. The second kappa shape index (κ2) is 4.03. The number of hydrogen-bond donors (Lipinski definition) is 0. The molecule has 0 saturated carbocycles. The van der Waals surface area contributed by atoms with Gasteiger partial charge >= 0.3 is 0 Å². The van der Waals surface area contributed by atoms with Crippen LogP contribution in [0.3, 0.4) is 0 Å². The Labute approximate surface area is 89.0 Å². The summed E-state index contributed by atoms with van der Waals surface area (Å²) in [4.78, 5) is 21.6. The van der Waals surface area contributed by atoms with Crippen LogP contribution in [0.1, 0.15) is 27.6 Å². The van der Waals surface area contributed by atoms with Crippen molar-refractivity contribution in [1.29, 1.82) is 0 Å². The van der Waals surface area contributed by atoms with Crippen molar-refractivity contribution in [2.45, 2.75) is 6.92 Å². The van der Waals surface area contributed by atoms with Crippen LogP contribution in [0.2, 0.25) is 5.02 Å². The Balaban J connectivity index is 3.38. The number of ketones is 1. The van der Waals surface area contributed by atoms with Crippen molar-refractivity contribution >= 4 is 39.6 Å². The minimum atomic E-state index is -0.105. The molecule has 1 aromatic rings. The van der Waals surface area contributed by atoms with Crippen molar-refractivity contribution in [3.05, 3.63) is 32.8 Å². The van der Waals surface area contributed by atoms with Crippen LogP contribution in [0.4, 0.5) is 0 Å². The number of benzene rings is 1. The smallest absolute Gasteiger partial charge is 0.160 e. The van der Waals surface area contributed by atoms with E-state index in [2.05, 4.69) is 15.9 Å². The zero-order chi connectivity index (χ0) is 10.0. The zero-order valence-corrected chi connectivity index (χ0v) is 9.15. The van der Waals surface area contributed by atoms with Crippen LogP contribution in [-0.4, -0.2) is 12.1 Å². The van der Waals surface area contributed by atoms with Gasteiger partial charge in [-0.05, 0) is 35.0 Å². The third-order valence-electron chi connectivity index (χ3n) is 1.59. The van der Waals surface area contributed by atoms with E-state index in [4.69, 9.17) is 11.6 Å². The average molecular weight is 262 g/mol. The van der Waals surface area contributed by atoms with E-state index < -0.39 is 0 Å². The van der Waals surface area contributed by atoms with E-state index in [0.717, 1.165) is 0 Å². The van der Waals surface area contributed by atoms with Crippen LogP contribution >= 0.6 is 27.5 Å². The van der Waals surface area contributed by atoms with Crippen molar-refractivity contribution in [2.75, 3.05) is 0 Å². The molecule has 0 bridgehead atoms. The molecule has 1 aromatic carbocycles. The van der Waals surface area contributed by atoms with Crippen molar-refractivity contribution < 1.29 is 9.59 Å². The average Bonchev–Trinajstić information content (AvgIpc) is 2.03. The Kier molecular flexibility index (Phi) is 3.22. The largest absolute Gasteiger partial charge is 0.298 e. The molecular weight excluding hydrogens is 255 g/mol. The van der Waals surface area contributed by atoms with Gasteiger partial charge in [0.25, 0.3) is 0 Å². The van der Waals surface area contributed by atoms with Gasteiger partial charge in [0, 0.05) is 15.6 Å². The summed E-state index contributed by atoms with van der Waals surface area (Å²) in [6.45, 7) is 1.43. The standard InChI is InChI=1S/C9H6BrClO2/c1-5(13)7-2-6(4-12)9(11)3-8(7)10/h2-4H,1H3. The minimum absolute atomic E-state index is 0.105. The molecule has 0 amide bonds. The Hall–Kier alpha value is -0.670. The van der Waals surface area contributed by atoms with E-state index in [1.54, 1.807) is 6.07 Å². The third-order valence-corrected chi connectivity index (χ3v) is 2.58. The van der Waals surface area contributed by atoms with Crippen molar-refractivity contribution in [2.24, 2.45) is 0 Å². The summed E-state index contributed by atoms with van der Waals surface area (Å²) < 4.78 is 0.607. The van der Waals surface area contributed by atoms with Gasteiger partial charge in [-0.3, -0.25) is 9.59 Å². The van der Waals surface area contributed by atoms with Crippen molar-refractivity contribution in [1.82, 2.24) is 0 Å². The number of aldehydes is 1. The summed E-state index contributed by atoms with van der Waals surface area (Å²) in [7, 11) is 0. The molecule has 13 heavy (non-hydrogen) atoms. The molecule has 0 heterocycles. The van der Waals surface area contributed by atoms with E-state index in [0.29, 0.717) is 26.9 Å². The van der Waals surface area contributed by atoms with Gasteiger partial charge in [-0.15, -0.1) is 0 Å². The van der Waals surface area contributed by atoms with E-state index in [1.165, 1.54) is 13.0 Å². The Bertz CT molecular complexity index is 374. The van der Waals surface area contributed by atoms with Gasteiger partial charge in [0.15, 0.2) is 12.1 Å². The molecule has 0 aliphatic rings. The van der Waals surface area contributed by atoms with Crippen LogP contribution in [0, 0.1) is 0 Å². The van der Waals surface area contributed by atoms with E-state index >= 15 is 0 Å². The molecule has 0 radical (unpaired) electrons. The summed E-state index contributed by atoms with van der Waals surface area (Å²) in [5.74, 6) is -0.105. The highest BCUT2D eigenvalue weighted by atomic mass is 79.9. The highest BCUT2D eigenvalue weighted by molar-refractivity contribution is 9.10. The van der Waals surface area contributed by atoms with Gasteiger partial charge in [-0.25, -0.2) is 0 Å². The summed E-state index contributed by atoms with van der Waals surface area (Å²) in [5, 5.41) is 0.340. The molecule has 0 aliphatic carbocycles. The van der Waals surface area contributed by atoms with E-state index in [-0.39, 0.29) is 5.78 Å². The highest BCUT2D eigenvalue weighted by Gasteiger charge is 2.09.